The third-order valence-corrected chi connectivity index (χ3v) is 2.72. The third-order valence-electron chi connectivity index (χ3n) is 2.72. The van der Waals surface area contributed by atoms with Gasteiger partial charge in [-0.2, -0.15) is 0 Å². The summed E-state index contributed by atoms with van der Waals surface area (Å²) in [6.07, 6.45) is 2.93. The van der Waals surface area contributed by atoms with E-state index >= 15 is 0 Å². The number of nitrogens with two attached hydrogens (primary N) is 1. The van der Waals surface area contributed by atoms with E-state index in [1.165, 1.54) is 24.5 Å². The molecule has 6 nitrogen and oxygen atoms in total. The van der Waals surface area contributed by atoms with Crippen molar-refractivity contribution in [1.82, 2.24) is 9.97 Å². The van der Waals surface area contributed by atoms with Gasteiger partial charge in [0.05, 0.1) is 0 Å². The van der Waals surface area contributed by atoms with E-state index in [2.05, 4.69) is 15.1 Å². The van der Waals surface area contributed by atoms with Crippen LogP contribution in [0.1, 0.15) is 12.6 Å². The van der Waals surface area contributed by atoms with Gasteiger partial charge in [0.2, 0.25) is 0 Å². The highest BCUT2D eigenvalue weighted by atomic mass is 19.1. The molecule has 20 heavy (non-hydrogen) atoms. The molecule has 1 aromatic heterocycles. The Hall–Kier alpha value is -2.70. The molecule has 0 atom stereocenters. The fourth-order valence-electron chi connectivity index (χ4n) is 1.85. The predicted molar refractivity (Wildman–Crippen MR) is 73.6 cm³/mol. The molecule has 0 saturated carbocycles. The lowest BCUT2D eigenvalue weighted by Crippen LogP contribution is -2.24. The van der Waals surface area contributed by atoms with Gasteiger partial charge in [0, 0.05) is 24.6 Å². The second-order valence-corrected chi connectivity index (χ2v) is 3.94. The minimum Gasteiger partial charge on any atom is -0.409 e. The zero-order valence-electron chi connectivity index (χ0n) is 10.9. The van der Waals surface area contributed by atoms with Crippen LogP contribution in [0.2, 0.25) is 0 Å². The maximum absolute atomic E-state index is 13.4. The lowest BCUT2D eigenvalue weighted by molar-refractivity contribution is 0.318. The van der Waals surface area contributed by atoms with Gasteiger partial charge in [-0.1, -0.05) is 11.2 Å². The molecular formula is C13H14FN5O. The third kappa shape index (κ3) is 2.66. The van der Waals surface area contributed by atoms with Crippen LogP contribution in [0.3, 0.4) is 0 Å². The van der Waals surface area contributed by atoms with Crippen molar-refractivity contribution < 1.29 is 9.60 Å². The molecule has 0 spiro atoms. The summed E-state index contributed by atoms with van der Waals surface area (Å²) in [4.78, 5) is 9.97. The van der Waals surface area contributed by atoms with Gasteiger partial charge in [-0.05, 0) is 25.1 Å². The summed E-state index contributed by atoms with van der Waals surface area (Å²) < 4.78 is 13.4. The number of hydrogen-bond acceptors (Lipinski definition) is 5. The first kappa shape index (κ1) is 13.7. The van der Waals surface area contributed by atoms with Crippen molar-refractivity contribution >= 4 is 17.3 Å². The van der Waals surface area contributed by atoms with Crippen LogP contribution in [-0.4, -0.2) is 27.6 Å². The van der Waals surface area contributed by atoms with E-state index in [0.29, 0.717) is 18.1 Å². The van der Waals surface area contributed by atoms with Crippen molar-refractivity contribution in [3.63, 3.8) is 0 Å². The Morgan fingerprint density at radius 2 is 2.15 bits per heavy atom. The second-order valence-electron chi connectivity index (χ2n) is 3.94. The molecule has 1 heterocycles. The lowest BCUT2D eigenvalue weighted by atomic mass is 10.2. The minimum absolute atomic E-state index is 0.150. The zero-order valence-corrected chi connectivity index (χ0v) is 10.9. The second kappa shape index (κ2) is 5.96. The van der Waals surface area contributed by atoms with Gasteiger partial charge in [-0.15, -0.1) is 0 Å². The topological polar surface area (TPSA) is 87.6 Å². The highest BCUT2D eigenvalue weighted by molar-refractivity contribution is 6.00. The molecule has 0 aliphatic rings. The standard InChI is InChI=1S/C13H14FN5O/c1-2-19(10-5-3-4-9(14)8-10)13-11(12(15)18-20)16-6-7-17-13/h3-8,20H,2H2,1H3,(H2,15,18). The van der Waals surface area contributed by atoms with E-state index in [0.717, 1.165) is 0 Å². The molecule has 0 fully saturated rings. The van der Waals surface area contributed by atoms with E-state index in [4.69, 9.17) is 10.9 Å². The number of halogens is 1. The largest absolute Gasteiger partial charge is 0.409 e. The molecule has 0 aliphatic carbocycles. The van der Waals surface area contributed by atoms with Crippen LogP contribution in [0.15, 0.2) is 41.8 Å². The lowest BCUT2D eigenvalue weighted by Gasteiger charge is -2.23. The minimum atomic E-state index is -0.352. The normalized spacial score (nSPS) is 11.4. The number of aromatic nitrogens is 2. The molecule has 0 bridgehead atoms. The van der Waals surface area contributed by atoms with Crippen molar-refractivity contribution in [1.29, 1.82) is 0 Å². The number of oxime groups is 1. The first-order chi connectivity index (χ1) is 9.67. The van der Waals surface area contributed by atoms with Crippen LogP contribution >= 0.6 is 0 Å². The van der Waals surface area contributed by atoms with Crippen molar-refractivity contribution in [2.24, 2.45) is 10.9 Å². The van der Waals surface area contributed by atoms with E-state index in [9.17, 15) is 4.39 Å². The molecule has 2 aromatic rings. The molecule has 0 saturated heterocycles. The fraction of sp³-hybridized carbons (Fsp3) is 0.154. The molecule has 0 unspecified atom stereocenters. The fourth-order valence-corrected chi connectivity index (χ4v) is 1.85. The molecule has 104 valence electrons. The van der Waals surface area contributed by atoms with Crippen molar-refractivity contribution in [3.8, 4) is 0 Å². The van der Waals surface area contributed by atoms with E-state index in [1.807, 2.05) is 6.92 Å². The summed E-state index contributed by atoms with van der Waals surface area (Å²) in [5, 5.41) is 11.7. The molecule has 2 rings (SSSR count). The van der Waals surface area contributed by atoms with Crippen LogP contribution in [0.25, 0.3) is 0 Å². The number of benzene rings is 1. The van der Waals surface area contributed by atoms with Crippen LogP contribution in [0.4, 0.5) is 15.9 Å². The van der Waals surface area contributed by atoms with E-state index in [1.54, 1.807) is 17.0 Å². The maximum atomic E-state index is 13.4. The van der Waals surface area contributed by atoms with E-state index < -0.39 is 0 Å². The Labute approximate surface area is 115 Å². The Morgan fingerprint density at radius 1 is 1.40 bits per heavy atom. The van der Waals surface area contributed by atoms with Gasteiger partial charge in [0.25, 0.3) is 0 Å². The van der Waals surface area contributed by atoms with Gasteiger partial charge in [-0.3, -0.25) is 0 Å². The molecule has 1 aromatic carbocycles. The van der Waals surface area contributed by atoms with Crippen LogP contribution < -0.4 is 10.6 Å². The molecule has 0 radical (unpaired) electrons. The predicted octanol–water partition coefficient (Wildman–Crippen LogP) is 1.87. The monoisotopic (exact) mass is 275 g/mol. The number of anilines is 2. The zero-order chi connectivity index (χ0) is 14.5. The number of rotatable bonds is 4. The average molecular weight is 275 g/mol. The SMILES string of the molecule is CCN(c1cccc(F)c1)c1nccnc1C(N)=NO. The van der Waals surface area contributed by atoms with Gasteiger partial charge in [-0.25, -0.2) is 14.4 Å². The van der Waals surface area contributed by atoms with Crippen LogP contribution in [0.5, 0.6) is 0 Å². The van der Waals surface area contributed by atoms with Gasteiger partial charge >= 0.3 is 0 Å². The summed E-state index contributed by atoms with van der Waals surface area (Å²) in [5.74, 6) is -0.103. The highest BCUT2D eigenvalue weighted by Gasteiger charge is 2.17. The van der Waals surface area contributed by atoms with E-state index in [-0.39, 0.29) is 17.3 Å². The molecule has 7 heteroatoms. The van der Waals surface area contributed by atoms with Gasteiger partial charge in [0.15, 0.2) is 17.3 Å². The maximum Gasteiger partial charge on any atom is 0.192 e. The highest BCUT2D eigenvalue weighted by Crippen LogP contribution is 2.25. The first-order valence-electron chi connectivity index (χ1n) is 5.99. The quantitative estimate of drug-likeness (QED) is 0.385. The number of amidine groups is 1. The number of hydrogen-bond donors (Lipinski definition) is 2. The molecule has 3 N–H and O–H groups in total. The Kier molecular flexibility index (Phi) is 4.09. The summed E-state index contributed by atoms with van der Waals surface area (Å²) in [6, 6.07) is 6.09. The molecule has 0 aliphatic heterocycles. The van der Waals surface area contributed by atoms with Gasteiger partial charge in [0.1, 0.15) is 5.82 Å². The first-order valence-corrected chi connectivity index (χ1v) is 5.99. The Morgan fingerprint density at radius 3 is 2.80 bits per heavy atom. The summed E-state index contributed by atoms with van der Waals surface area (Å²) in [7, 11) is 0. The smallest absolute Gasteiger partial charge is 0.192 e. The number of nitrogens with zero attached hydrogens (tertiary/aromatic N) is 4. The average Bonchev–Trinajstić information content (AvgIpc) is 2.48. The van der Waals surface area contributed by atoms with Gasteiger partial charge < -0.3 is 15.8 Å². The Balaban J connectivity index is 2.53. The van der Waals surface area contributed by atoms with Crippen molar-refractivity contribution in [2.75, 3.05) is 11.4 Å². The van der Waals surface area contributed by atoms with Crippen LogP contribution in [0, 0.1) is 5.82 Å². The summed E-state index contributed by atoms with van der Waals surface area (Å²) in [5.41, 5.74) is 6.44. The molecular weight excluding hydrogens is 261 g/mol. The van der Waals surface area contributed by atoms with Crippen molar-refractivity contribution in [3.05, 3.63) is 48.2 Å². The molecule has 0 amide bonds. The Bertz CT molecular complexity index is 632. The van der Waals surface area contributed by atoms with Crippen molar-refractivity contribution in [2.45, 2.75) is 6.92 Å². The summed E-state index contributed by atoms with van der Waals surface area (Å²) >= 11 is 0. The summed E-state index contributed by atoms with van der Waals surface area (Å²) in [6.45, 7) is 2.41. The van der Waals surface area contributed by atoms with Crippen LogP contribution in [-0.2, 0) is 0 Å².